The predicted molar refractivity (Wildman–Crippen MR) is 106 cm³/mol. The normalized spacial score (nSPS) is 16.6. The Morgan fingerprint density at radius 1 is 0.786 bits per heavy atom. The highest BCUT2D eigenvalue weighted by Gasteiger charge is 2.31. The monoisotopic (exact) mass is 400 g/mol. The van der Waals surface area contributed by atoms with E-state index in [1.165, 1.54) is 6.92 Å². The number of hydrogen-bond donors (Lipinski definition) is 5. The standard InChI is InChI=1S/C19H36N4O5/c1-8-11(6)13(20)17(25)22-14(9(2)3)18(26)21-12(7)16(24)23-15(10(4)5)19(27)28/h9-15H,8,20H2,1-7H3,(H,21,26)(H,22,25)(H,23,24)(H,27,28). The van der Waals surface area contributed by atoms with Crippen LogP contribution in [0.2, 0.25) is 0 Å². The van der Waals surface area contributed by atoms with Crippen LogP contribution in [0.25, 0.3) is 0 Å². The summed E-state index contributed by atoms with van der Waals surface area (Å²) in [5.41, 5.74) is 5.92. The third-order valence-corrected chi connectivity index (χ3v) is 4.79. The van der Waals surface area contributed by atoms with Crippen molar-refractivity contribution in [2.75, 3.05) is 0 Å². The van der Waals surface area contributed by atoms with Crippen LogP contribution >= 0.6 is 0 Å². The second-order valence-electron chi connectivity index (χ2n) is 7.94. The minimum absolute atomic E-state index is 0.0374. The fourth-order valence-corrected chi connectivity index (χ4v) is 2.46. The fraction of sp³-hybridized carbons (Fsp3) is 0.789. The number of nitrogens with two attached hydrogens (primary N) is 1. The number of aliphatic carboxylic acids is 1. The van der Waals surface area contributed by atoms with Gasteiger partial charge in [-0.15, -0.1) is 0 Å². The number of hydrogen-bond acceptors (Lipinski definition) is 5. The first-order valence-corrected chi connectivity index (χ1v) is 9.72. The van der Waals surface area contributed by atoms with Gasteiger partial charge in [-0.1, -0.05) is 48.0 Å². The van der Waals surface area contributed by atoms with E-state index >= 15 is 0 Å². The molecule has 5 unspecified atom stereocenters. The van der Waals surface area contributed by atoms with Crippen molar-refractivity contribution in [3.63, 3.8) is 0 Å². The molecule has 0 aromatic carbocycles. The lowest BCUT2D eigenvalue weighted by Crippen LogP contribution is -2.58. The number of nitrogens with one attached hydrogen (secondary N) is 3. The van der Waals surface area contributed by atoms with Gasteiger partial charge in [0.05, 0.1) is 6.04 Å². The molecular formula is C19H36N4O5. The van der Waals surface area contributed by atoms with Gasteiger partial charge in [0, 0.05) is 0 Å². The third kappa shape index (κ3) is 7.84. The molecule has 0 heterocycles. The first-order valence-electron chi connectivity index (χ1n) is 9.72. The maximum absolute atomic E-state index is 12.6. The van der Waals surface area contributed by atoms with Crippen LogP contribution in [-0.2, 0) is 19.2 Å². The van der Waals surface area contributed by atoms with Crippen LogP contribution in [0, 0.1) is 17.8 Å². The van der Waals surface area contributed by atoms with Crippen molar-refractivity contribution in [3.05, 3.63) is 0 Å². The summed E-state index contributed by atoms with van der Waals surface area (Å²) in [6, 6.07) is -3.61. The van der Waals surface area contributed by atoms with Crippen LogP contribution in [-0.4, -0.2) is 53.0 Å². The first-order chi connectivity index (χ1) is 12.8. The number of carboxylic acids is 1. The van der Waals surface area contributed by atoms with Gasteiger partial charge in [-0.2, -0.15) is 0 Å². The van der Waals surface area contributed by atoms with Gasteiger partial charge in [0.15, 0.2) is 0 Å². The highest BCUT2D eigenvalue weighted by Crippen LogP contribution is 2.08. The zero-order valence-electron chi connectivity index (χ0n) is 17.9. The fourth-order valence-electron chi connectivity index (χ4n) is 2.46. The lowest BCUT2D eigenvalue weighted by atomic mass is 9.97. The molecule has 0 fully saturated rings. The first kappa shape index (κ1) is 25.8. The van der Waals surface area contributed by atoms with E-state index in [1.54, 1.807) is 27.7 Å². The van der Waals surface area contributed by atoms with E-state index in [-0.39, 0.29) is 17.8 Å². The molecule has 0 aliphatic rings. The zero-order valence-corrected chi connectivity index (χ0v) is 17.9. The lowest BCUT2D eigenvalue weighted by molar-refractivity contribution is -0.143. The molecule has 3 amide bonds. The highest BCUT2D eigenvalue weighted by atomic mass is 16.4. The minimum Gasteiger partial charge on any atom is -0.480 e. The Balaban J connectivity index is 5.03. The van der Waals surface area contributed by atoms with Crippen molar-refractivity contribution in [1.29, 1.82) is 0 Å². The summed E-state index contributed by atoms with van der Waals surface area (Å²) in [4.78, 5) is 48.4. The van der Waals surface area contributed by atoms with E-state index in [0.717, 1.165) is 6.42 Å². The molecule has 0 aromatic rings. The van der Waals surface area contributed by atoms with Gasteiger partial charge in [0.2, 0.25) is 17.7 Å². The van der Waals surface area contributed by atoms with Gasteiger partial charge in [-0.05, 0) is 24.7 Å². The molecule has 0 aliphatic carbocycles. The molecule has 9 heteroatoms. The SMILES string of the molecule is CCC(C)C(N)C(=O)NC(C(=O)NC(C)C(=O)NC(C(=O)O)C(C)C)C(C)C. The molecule has 0 saturated heterocycles. The summed E-state index contributed by atoms with van der Waals surface area (Å²) < 4.78 is 0. The molecule has 0 spiro atoms. The van der Waals surface area contributed by atoms with Gasteiger partial charge in [-0.3, -0.25) is 14.4 Å². The Bertz CT molecular complexity index is 565. The number of carboxylic acid groups (broad SMARTS) is 1. The average molecular weight is 401 g/mol. The van der Waals surface area contributed by atoms with Crippen molar-refractivity contribution in [2.45, 2.75) is 79.1 Å². The summed E-state index contributed by atoms with van der Waals surface area (Å²) in [6.45, 7) is 12.1. The zero-order chi connectivity index (χ0) is 22.2. The van der Waals surface area contributed by atoms with Gasteiger partial charge in [0.25, 0.3) is 0 Å². The second-order valence-corrected chi connectivity index (χ2v) is 7.94. The van der Waals surface area contributed by atoms with Crippen molar-refractivity contribution in [3.8, 4) is 0 Å². The molecule has 5 atom stereocenters. The number of rotatable bonds is 11. The van der Waals surface area contributed by atoms with Gasteiger partial charge >= 0.3 is 5.97 Å². The van der Waals surface area contributed by atoms with Crippen LogP contribution in [0.15, 0.2) is 0 Å². The number of carbonyl (C=O) groups excluding carboxylic acids is 3. The maximum Gasteiger partial charge on any atom is 0.326 e. The van der Waals surface area contributed by atoms with Crippen LogP contribution in [0.3, 0.4) is 0 Å². The summed E-state index contributed by atoms with van der Waals surface area (Å²) in [5, 5.41) is 16.8. The minimum atomic E-state index is -1.15. The Hall–Kier alpha value is -2.16. The van der Waals surface area contributed by atoms with E-state index in [0.29, 0.717) is 0 Å². The smallest absolute Gasteiger partial charge is 0.326 e. The van der Waals surface area contributed by atoms with Gasteiger partial charge in [0.1, 0.15) is 18.1 Å². The molecule has 9 nitrogen and oxygen atoms in total. The summed E-state index contributed by atoms with van der Waals surface area (Å²) in [7, 11) is 0. The Morgan fingerprint density at radius 3 is 1.64 bits per heavy atom. The van der Waals surface area contributed by atoms with Crippen molar-refractivity contribution in [2.24, 2.45) is 23.5 Å². The summed E-state index contributed by atoms with van der Waals surface area (Å²) in [6.07, 6.45) is 0.727. The quantitative estimate of drug-likeness (QED) is 0.335. The van der Waals surface area contributed by atoms with Crippen LogP contribution in [0.4, 0.5) is 0 Å². The van der Waals surface area contributed by atoms with E-state index in [9.17, 15) is 24.3 Å². The molecule has 0 rings (SSSR count). The van der Waals surface area contributed by atoms with Crippen LogP contribution in [0.5, 0.6) is 0 Å². The van der Waals surface area contributed by atoms with Crippen molar-refractivity contribution < 1.29 is 24.3 Å². The van der Waals surface area contributed by atoms with E-state index in [4.69, 9.17) is 5.73 Å². The van der Waals surface area contributed by atoms with Gasteiger partial charge in [-0.25, -0.2) is 4.79 Å². The van der Waals surface area contributed by atoms with E-state index < -0.39 is 47.9 Å². The molecule has 0 aromatic heterocycles. The molecule has 0 bridgehead atoms. The Morgan fingerprint density at radius 2 is 1.25 bits per heavy atom. The Kier molecular flexibility index (Phi) is 10.7. The van der Waals surface area contributed by atoms with E-state index in [1.807, 2.05) is 13.8 Å². The molecule has 6 N–H and O–H groups in total. The molecule has 0 radical (unpaired) electrons. The molecular weight excluding hydrogens is 364 g/mol. The van der Waals surface area contributed by atoms with Crippen LogP contribution in [0.1, 0.15) is 54.9 Å². The van der Waals surface area contributed by atoms with Crippen molar-refractivity contribution >= 4 is 23.7 Å². The second kappa shape index (κ2) is 11.6. The lowest BCUT2D eigenvalue weighted by Gasteiger charge is -2.27. The average Bonchev–Trinajstić information content (AvgIpc) is 2.60. The van der Waals surface area contributed by atoms with Crippen molar-refractivity contribution in [1.82, 2.24) is 16.0 Å². The molecule has 0 aliphatic heterocycles. The molecule has 162 valence electrons. The summed E-state index contributed by atoms with van der Waals surface area (Å²) in [5.74, 6) is -3.29. The number of carbonyl (C=O) groups is 4. The number of amides is 3. The third-order valence-electron chi connectivity index (χ3n) is 4.79. The topological polar surface area (TPSA) is 151 Å². The summed E-state index contributed by atoms with van der Waals surface area (Å²) >= 11 is 0. The van der Waals surface area contributed by atoms with E-state index in [2.05, 4.69) is 16.0 Å². The van der Waals surface area contributed by atoms with Crippen LogP contribution < -0.4 is 21.7 Å². The maximum atomic E-state index is 12.6. The highest BCUT2D eigenvalue weighted by molar-refractivity contribution is 5.94. The van der Waals surface area contributed by atoms with Gasteiger partial charge < -0.3 is 26.8 Å². The largest absolute Gasteiger partial charge is 0.480 e. The molecule has 28 heavy (non-hydrogen) atoms. The Labute approximate surface area is 167 Å². The molecule has 0 saturated carbocycles. The predicted octanol–water partition coefficient (Wildman–Crippen LogP) is 0.231.